The summed E-state index contributed by atoms with van der Waals surface area (Å²) in [6.45, 7) is 0.589. The lowest BCUT2D eigenvalue weighted by molar-refractivity contribution is -0.189. The fourth-order valence-electron chi connectivity index (χ4n) is 4.98. The molecule has 0 fully saturated rings. The molecule has 0 bridgehead atoms. The molecule has 1 aromatic heterocycles. The highest BCUT2D eigenvalue weighted by molar-refractivity contribution is 5.92. The smallest absolute Gasteiger partial charge is 0.355 e. The molecule has 3 aromatic rings. The Morgan fingerprint density at radius 2 is 1.76 bits per heavy atom. The van der Waals surface area contributed by atoms with Gasteiger partial charge in [0.05, 0.1) is 30.9 Å². The second-order valence-corrected chi connectivity index (χ2v) is 9.16. The number of fused-ring (bicyclic) bond motifs is 5. The maximum Gasteiger partial charge on any atom is 0.355 e. The molecular weight excluding hydrogens is 492 g/mol. The highest BCUT2D eigenvalue weighted by Gasteiger charge is 2.50. The lowest BCUT2D eigenvalue weighted by Crippen LogP contribution is -2.49. The van der Waals surface area contributed by atoms with Gasteiger partial charge in [0.2, 0.25) is 17.4 Å². The van der Waals surface area contributed by atoms with Crippen LogP contribution in [0.15, 0.2) is 47.3 Å². The van der Waals surface area contributed by atoms with Crippen LogP contribution in [0, 0.1) is 0 Å². The Bertz CT molecular complexity index is 1560. The third-order valence-electron chi connectivity index (χ3n) is 6.94. The van der Waals surface area contributed by atoms with Crippen LogP contribution in [0.1, 0.15) is 30.0 Å². The SMILES string of the molecule is CC[C@@]1(OC(=O)CNC(=O)CNC(=O)CN)C(=O)OCc2c1cc1n(c2=O)Cc2cc3ccccc3cc2-1. The lowest BCUT2D eigenvalue weighted by atomic mass is 9.85. The first kappa shape index (κ1) is 25.2. The van der Waals surface area contributed by atoms with Gasteiger partial charge in [-0.05, 0) is 41.0 Å². The van der Waals surface area contributed by atoms with E-state index in [2.05, 4.69) is 10.6 Å². The molecule has 0 saturated carbocycles. The minimum atomic E-state index is -1.85. The van der Waals surface area contributed by atoms with Gasteiger partial charge in [-0.15, -0.1) is 0 Å². The van der Waals surface area contributed by atoms with E-state index in [1.165, 1.54) is 0 Å². The largest absolute Gasteiger partial charge is 0.457 e. The van der Waals surface area contributed by atoms with Crippen molar-refractivity contribution in [2.45, 2.75) is 32.1 Å². The number of pyridine rings is 1. The average molecular weight is 519 g/mol. The molecule has 0 spiro atoms. The monoisotopic (exact) mass is 518 g/mol. The van der Waals surface area contributed by atoms with Crippen LogP contribution in [-0.2, 0) is 47.4 Å². The van der Waals surface area contributed by atoms with Crippen LogP contribution in [0.3, 0.4) is 0 Å². The molecule has 11 nitrogen and oxygen atoms in total. The van der Waals surface area contributed by atoms with Crippen molar-refractivity contribution >= 4 is 34.5 Å². The number of cyclic esters (lactones) is 1. The third kappa shape index (κ3) is 4.20. The summed E-state index contributed by atoms with van der Waals surface area (Å²) in [7, 11) is 0. The quantitative estimate of drug-likeness (QED) is 0.297. The summed E-state index contributed by atoms with van der Waals surface area (Å²) in [4.78, 5) is 62.5. The van der Waals surface area contributed by atoms with Crippen molar-refractivity contribution in [2.24, 2.45) is 5.73 Å². The van der Waals surface area contributed by atoms with Gasteiger partial charge in [-0.25, -0.2) is 4.79 Å². The molecule has 0 radical (unpaired) electrons. The number of benzene rings is 2. The molecule has 4 N–H and O–H groups in total. The summed E-state index contributed by atoms with van der Waals surface area (Å²) in [5, 5.41) is 6.68. The first-order chi connectivity index (χ1) is 18.3. The summed E-state index contributed by atoms with van der Waals surface area (Å²) in [6, 6.07) is 13.7. The minimum Gasteiger partial charge on any atom is -0.457 e. The number of carbonyl (C=O) groups is 4. The standard InChI is InChI=1S/C27H26N4O7/c1-2-27(38-24(34)12-30-23(33)11-29-22(32)10-28)20-9-21-18-8-16-6-4-3-5-15(16)7-17(18)13-31(21)25(35)19(20)14-37-26(27)36/h3-9H,2,10-14,28H2,1H3,(H,29,32)(H,30,33)/t27-/m0/s1. The number of nitrogens with zero attached hydrogens (tertiary/aromatic N) is 1. The molecule has 38 heavy (non-hydrogen) atoms. The van der Waals surface area contributed by atoms with E-state index >= 15 is 0 Å². The van der Waals surface area contributed by atoms with Crippen molar-refractivity contribution in [3.63, 3.8) is 0 Å². The number of hydrogen-bond acceptors (Lipinski definition) is 8. The van der Waals surface area contributed by atoms with Crippen molar-refractivity contribution in [3.8, 4) is 11.3 Å². The summed E-state index contributed by atoms with van der Waals surface area (Å²) < 4.78 is 12.6. The first-order valence-corrected chi connectivity index (χ1v) is 12.2. The first-order valence-electron chi connectivity index (χ1n) is 12.2. The molecule has 0 unspecified atom stereocenters. The summed E-state index contributed by atoms with van der Waals surface area (Å²) in [5.74, 6) is -2.85. The normalized spacial score (nSPS) is 17.2. The molecule has 3 heterocycles. The number of rotatable bonds is 7. The molecule has 11 heteroatoms. The number of carbonyl (C=O) groups excluding carboxylic acids is 4. The van der Waals surface area contributed by atoms with Gasteiger partial charge < -0.3 is 30.4 Å². The van der Waals surface area contributed by atoms with Gasteiger partial charge in [-0.2, -0.15) is 0 Å². The summed E-state index contributed by atoms with van der Waals surface area (Å²) in [5.41, 5.74) is 6.00. The molecule has 1 atom stereocenters. The van der Waals surface area contributed by atoms with Crippen molar-refractivity contribution < 1.29 is 28.7 Å². The summed E-state index contributed by atoms with van der Waals surface area (Å²) >= 11 is 0. The Labute approximate surface area is 216 Å². The molecule has 0 saturated heterocycles. The number of aromatic nitrogens is 1. The number of esters is 2. The highest BCUT2D eigenvalue weighted by Crippen LogP contribution is 2.41. The van der Waals surface area contributed by atoms with E-state index in [1.807, 2.05) is 36.4 Å². The highest BCUT2D eigenvalue weighted by atomic mass is 16.6. The van der Waals surface area contributed by atoms with Crippen LogP contribution < -0.4 is 21.9 Å². The molecule has 196 valence electrons. The third-order valence-corrected chi connectivity index (χ3v) is 6.94. The van der Waals surface area contributed by atoms with E-state index in [-0.39, 0.29) is 42.8 Å². The average Bonchev–Trinajstić information content (AvgIpc) is 3.28. The van der Waals surface area contributed by atoms with Gasteiger partial charge in [0.15, 0.2) is 0 Å². The van der Waals surface area contributed by atoms with Gasteiger partial charge in [-0.3, -0.25) is 19.2 Å². The molecule has 2 amide bonds. The fourth-order valence-corrected chi connectivity index (χ4v) is 4.98. The van der Waals surface area contributed by atoms with Gasteiger partial charge in [0.1, 0.15) is 13.2 Å². The van der Waals surface area contributed by atoms with Gasteiger partial charge in [0.25, 0.3) is 5.56 Å². The van der Waals surface area contributed by atoms with Crippen LogP contribution in [0.4, 0.5) is 0 Å². The maximum atomic E-state index is 13.6. The second kappa shape index (κ2) is 9.75. The van der Waals surface area contributed by atoms with E-state index in [0.29, 0.717) is 12.2 Å². The Balaban J connectivity index is 1.47. The predicted molar refractivity (Wildman–Crippen MR) is 136 cm³/mol. The van der Waals surface area contributed by atoms with Crippen LogP contribution in [0.2, 0.25) is 0 Å². The van der Waals surface area contributed by atoms with Gasteiger partial charge in [0, 0.05) is 11.1 Å². The maximum absolute atomic E-state index is 13.6. The molecular formula is C27H26N4O7. The van der Waals surface area contributed by atoms with Crippen molar-refractivity contribution in [1.29, 1.82) is 0 Å². The number of ether oxygens (including phenoxy) is 2. The Hall–Kier alpha value is -4.51. The zero-order valence-corrected chi connectivity index (χ0v) is 20.7. The second-order valence-electron chi connectivity index (χ2n) is 9.16. The Morgan fingerprint density at radius 1 is 1.05 bits per heavy atom. The minimum absolute atomic E-state index is 0.0124. The lowest BCUT2D eigenvalue weighted by Gasteiger charge is -2.35. The molecule has 2 aliphatic rings. The summed E-state index contributed by atoms with van der Waals surface area (Å²) in [6.07, 6.45) is 0.0124. The number of hydrogen-bond donors (Lipinski definition) is 3. The van der Waals surface area contributed by atoms with E-state index < -0.39 is 35.9 Å². The van der Waals surface area contributed by atoms with Crippen LogP contribution in [0.5, 0.6) is 0 Å². The Morgan fingerprint density at radius 3 is 2.47 bits per heavy atom. The predicted octanol–water partition coefficient (Wildman–Crippen LogP) is 0.427. The fraction of sp³-hybridized carbons (Fsp3) is 0.296. The zero-order chi connectivity index (χ0) is 27.0. The van der Waals surface area contributed by atoms with Crippen LogP contribution in [0.25, 0.3) is 22.0 Å². The van der Waals surface area contributed by atoms with Gasteiger partial charge >= 0.3 is 11.9 Å². The topological polar surface area (TPSA) is 159 Å². The Kier molecular flexibility index (Phi) is 6.45. The number of amides is 2. The van der Waals surface area contributed by atoms with Crippen molar-refractivity contribution in [3.05, 3.63) is 69.5 Å². The van der Waals surface area contributed by atoms with Crippen LogP contribution in [-0.4, -0.2) is 48.0 Å². The van der Waals surface area contributed by atoms with Crippen molar-refractivity contribution in [1.82, 2.24) is 15.2 Å². The number of nitrogens with one attached hydrogen (secondary N) is 2. The van der Waals surface area contributed by atoms with E-state index in [0.717, 1.165) is 21.9 Å². The van der Waals surface area contributed by atoms with Gasteiger partial charge in [-0.1, -0.05) is 31.2 Å². The van der Waals surface area contributed by atoms with Crippen molar-refractivity contribution in [2.75, 3.05) is 19.6 Å². The van der Waals surface area contributed by atoms with E-state index in [9.17, 15) is 24.0 Å². The number of nitrogens with two attached hydrogens (primary N) is 1. The zero-order valence-electron chi connectivity index (χ0n) is 20.7. The molecule has 2 aliphatic heterocycles. The van der Waals surface area contributed by atoms with E-state index in [1.54, 1.807) is 17.6 Å². The van der Waals surface area contributed by atoms with E-state index in [4.69, 9.17) is 15.2 Å². The molecule has 2 aromatic carbocycles. The van der Waals surface area contributed by atoms with Crippen LogP contribution >= 0.6 is 0 Å². The molecule has 0 aliphatic carbocycles. The molecule has 5 rings (SSSR count).